The first-order valence-corrected chi connectivity index (χ1v) is 9.47. The van der Waals surface area contributed by atoms with Gasteiger partial charge in [-0.25, -0.2) is 4.98 Å². The van der Waals surface area contributed by atoms with Gasteiger partial charge in [0.15, 0.2) is 5.89 Å². The molecule has 0 saturated heterocycles. The molecule has 0 radical (unpaired) electrons. The molecule has 1 atom stereocenters. The highest BCUT2D eigenvalue weighted by Gasteiger charge is 2.26. The van der Waals surface area contributed by atoms with E-state index in [0.717, 1.165) is 36.6 Å². The molecular weight excluding hydrogens is 340 g/mol. The second-order valence-corrected chi connectivity index (χ2v) is 7.07. The molecule has 140 valence electrons. The number of hydrogen-bond acceptors (Lipinski definition) is 4. The minimum atomic E-state index is 0.0487. The molecule has 1 amide bonds. The summed E-state index contributed by atoms with van der Waals surface area (Å²) in [4.78, 5) is 19.2. The maximum Gasteiger partial charge on any atom is 0.225 e. The van der Waals surface area contributed by atoms with E-state index in [-0.39, 0.29) is 11.9 Å². The van der Waals surface area contributed by atoms with Gasteiger partial charge >= 0.3 is 0 Å². The van der Waals surface area contributed by atoms with Crippen molar-refractivity contribution in [2.45, 2.75) is 45.2 Å². The summed E-state index contributed by atoms with van der Waals surface area (Å²) in [6, 6.07) is 12.3. The third-order valence-electron chi connectivity index (χ3n) is 5.04. The Kier molecular flexibility index (Phi) is 5.05. The number of aromatic nitrogens is 3. The van der Waals surface area contributed by atoms with E-state index in [9.17, 15) is 4.79 Å². The van der Waals surface area contributed by atoms with Gasteiger partial charge in [0.2, 0.25) is 5.91 Å². The highest BCUT2D eigenvalue weighted by atomic mass is 16.4. The molecule has 4 rings (SSSR count). The summed E-state index contributed by atoms with van der Waals surface area (Å²) < 4.78 is 7.76. The molecule has 0 saturated carbocycles. The van der Waals surface area contributed by atoms with Crippen molar-refractivity contribution in [3.63, 3.8) is 0 Å². The highest BCUT2D eigenvalue weighted by Crippen LogP contribution is 2.22. The Morgan fingerprint density at radius 2 is 2.07 bits per heavy atom. The maximum absolute atomic E-state index is 12.7. The highest BCUT2D eigenvalue weighted by molar-refractivity contribution is 5.76. The van der Waals surface area contributed by atoms with Gasteiger partial charge < -0.3 is 9.32 Å². The van der Waals surface area contributed by atoms with Crippen LogP contribution in [0.5, 0.6) is 0 Å². The Morgan fingerprint density at radius 3 is 2.85 bits per heavy atom. The number of benzene rings is 1. The van der Waals surface area contributed by atoms with E-state index in [1.165, 1.54) is 5.56 Å². The van der Waals surface area contributed by atoms with Crippen molar-refractivity contribution in [3.8, 4) is 0 Å². The average Bonchev–Trinajstić information content (AvgIpc) is 3.36. The first kappa shape index (κ1) is 17.5. The Morgan fingerprint density at radius 1 is 1.22 bits per heavy atom. The van der Waals surface area contributed by atoms with Crippen LogP contribution >= 0.6 is 0 Å². The Bertz CT molecular complexity index is 886. The second-order valence-electron chi connectivity index (χ2n) is 7.07. The van der Waals surface area contributed by atoms with Crippen molar-refractivity contribution in [2.24, 2.45) is 0 Å². The van der Waals surface area contributed by atoms with Gasteiger partial charge in [0.25, 0.3) is 0 Å². The number of nitrogens with zero attached hydrogens (tertiary/aromatic N) is 4. The molecule has 6 nitrogen and oxygen atoms in total. The predicted octanol–water partition coefficient (Wildman–Crippen LogP) is 3.19. The summed E-state index contributed by atoms with van der Waals surface area (Å²) in [7, 11) is 0. The SMILES string of the molecule is CC(CC(=O)N1CCc2oc(CCc3ccccc3)nc2C1)n1cccn1. The topological polar surface area (TPSA) is 64.2 Å². The van der Waals surface area contributed by atoms with Gasteiger partial charge in [-0.2, -0.15) is 5.10 Å². The molecule has 0 spiro atoms. The number of carbonyl (C=O) groups is 1. The standard InChI is InChI=1S/C21H24N4O2/c1-16(25-12-5-11-22-25)14-21(26)24-13-10-19-18(15-24)23-20(27-19)9-8-17-6-3-2-4-7-17/h2-7,11-12,16H,8-10,13-15H2,1H3. The van der Waals surface area contributed by atoms with Crippen LogP contribution in [-0.2, 0) is 30.6 Å². The molecular formula is C21H24N4O2. The Labute approximate surface area is 158 Å². The lowest BCUT2D eigenvalue weighted by molar-refractivity contribution is -0.133. The van der Waals surface area contributed by atoms with Crippen molar-refractivity contribution in [3.05, 3.63) is 71.7 Å². The van der Waals surface area contributed by atoms with Gasteiger partial charge in [-0.05, 0) is 25.0 Å². The fourth-order valence-corrected chi connectivity index (χ4v) is 3.48. The van der Waals surface area contributed by atoms with E-state index in [2.05, 4.69) is 22.2 Å². The Hall–Kier alpha value is -2.89. The normalized spacial score (nSPS) is 14.8. The number of carbonyl (C=O) groups excluding carboxylic acids is 1. The summed E-state index contributed by atoms with van der Waals surface area (Å²) in [6.07, 6.45) is 6.49. The molecule has 0 aliphatic carbocycles. The fraction of sp³-hybridized carbons (Fsp3) is 0.381. The van der Waals surface area contributed by atoms with E-state index in [0.29, 0.717) is 19.5 Å². The molecule has 1 unspecified atom stereocenters. The molecule has 27 heavy (non-hydrogen) atoms. The van der Waals surface area contributed by atoms with Crippen molar-refractivity contribution in [1.82, 2.24) is 19.7 Å². The fourth-order valence-electron chi connectivity index (χ4n) is 3.48. The minimum Gasteiger partial charge on any atom is -0.445 e. The summed E-state index contributed by atoms with van der Waals surface area (Å²) >= 11 is 0. The zero-order valence-electron chi connectivity index (χ0n) is 15.5. The van der Waals surface area contributed by atoms with Gasteiger partial charge in [0, 0.05) is 38.2 Å². The summed E-state index contributed by atoms with van der Waals surface area (Å²) in [5.74, 6) is 1.84. The van der Waals surface area contributed by atoms with E-state index < -0.39 is 0 Å². The summed E-state index contributed by atoms with van der Waals surface area (Å²) in [5.41, 5.74) is 2.18. The molecule has 2 aromatic heterocycles. The molecule has 1 aliphatic rings. The smallest absolute Gasteiger partial charge is 0.225 e. The number of fused-ring (bicyclic) bond motifs is 1. The van der Waals surface area contributed by atoms with Crippen LogP contribution in [0, 0.1) is 0 Å². The van der Waals surface area contributed by atoms with Crippen molar-refractivity contribution >= 4 is 5.91 Å². The zero-order chi connectivity index (χ0) is 18.6. The lowest BCUT2D eigenvalue weighted by Crippen LogP contribution is -2.36. The first-order chi connectivity index (χ1) is 13.2. The second kappa shape index (κ2) is 7.78. The molecule has 6 heteroatoms. The van der Waals surface area contributed by atoms with E-state index >= 15 is 0 Å². The van der Waals surface area contributed by atoms with Crippen LogP contribution in [0.2, 0.25) is 0 Å². The number of amides is 1. The van der Waals surface area contributed by atoms with Gasteiger partial charge in [0.1, 0.15) is 11.5 Å². The van der Waals surface area contributed by atoms with Crippen LogP contribution in [-0.4, -0.2) is 32.1 Å². The molecule has 1 aromatic carbocycles. The molecule has 0 bridgehead atoms. The molecule has 3 heterocycles. The zero-order valence-corrected chi connectivity index (χ0v) is 15.5. The largest absolute Gasteiger partial charge is 0.445 e. The first-order valence-electron chi connectivity index (χ1n) is 9.47. The van der Waals surface area contributed by atoms with Gasteiger partial charge in [-0.1, -0.05) is 30.3 Å². The van der Waals surface area contributed by atoms with E-state index in [1.807, 2.05) is 47.0 Å². The lowest BCUT2D eigenvalue weighted by Gasteiger charge is -2.26. The van der Waals surface area contributed by atoms with Crippen LogP contribution in [0.4, 0.5) is 0 Å². The maximum atomic E-state index is 12.7. The summed E-state index contributed by atoms with van der Waals surface area (Å²) in [5, 5.41) is 4.22. The lowest BCUT2D eigenvalue weighted by atomic mass is 10.1. The number of aryl methyl sites for hydroxylation is 2. The van der Waals surface area contributed by atoms with Crippen LogP contribution in [0.3, 0.4) is 0 Å². The van der Waals surface area contributed by atoms with Crippen LogP contribution < -0.4 is 0 Å². The number of rotatable bonds is 6. The van der Waals surface area contributed by atoms with E-state index in [1.54, 1.807) is 6.20 Å². The quantitative estimate of drug-likeness (QED) is 0.674. The third-order valence-corrected chi connectivity index (χ3v) is 5.04. The monoisotopic (exact) mass is 364 g/mol. The van der Waals surface area contributed by atoms with Crippen LogP contribution in [0.15, 0.2) is 53.2 Å². The number of hydrogen-bond donors (Lipinski definition) is 0. The van der Waals surface area contributed by atoms with Crippen LogP contribution in [0.25, 0.3) is 0 Å². The molecule has 3 aromatic rings. The average molecular weight is 364 g/mol. The van der Waals surface area contributed by atoms with Crippen molar-refractivity contribution in [2.75, 3.05) is 6.54 Å². The third kappa shape index (κ3) is 4.10. The molecule has 0 N–H and O–H groups in total. The minimum absolute atomic E-state index is 0.0487. The van der Waals surface area contributed by atoms with Gasteiger partial charge in [0.05, 0.1) is 12.6 Å². The summed E-state index contributed by atoms with van der Waals surface area (Å²) in [6.45, 7) is 3.23. The van der Waals surface area contributed by atoms with Crippen molar-refractivity contribution in [1.29, 1.82) is 0 Å². The molecule has 0 fully saturated rings. The van der Waals surface area contributed by atoms with E-state index in [4.69, 9.17) is 4.42 Å². The predicted molar refractivity (Wildman–Crippen MR) is 101 cm³/mol. The number of oxazole rings is 1. The van der Waals surface area contributed by atoms with Gasteiger partial charge in [-0.3, -0.25) is 9.48 Å². The Balaban J connectivity index is 1.35. The van der Waals surface area contributed by atoms with Crippen LogP contribution in [0.1, 0.15) is 42.3 Å². The van der Waals surface area contributed by atoms with Gasteiger partial charge in [-0.15, -0.1) is 0 Å². The van der Waals surface area contributed by atoms with Crippen molar-refractivity contribution < 1.29 is 9.21 Å². The molecule has 1 aliphatic heterocycles.